The number of nitrogens with zero attached hydrogens (tertiary/aromatic N) is 1. The van der Waals surface area contributed by atoms with Crippen LogP contribution >= 0.6 is 0 Å². The van der Waals surface area contributed by atoms with Crippen molar-refractivity contribution in [3.63, 3.8) is 0 Å². The summed E-state index contributed by atoms with van der Waals surface area (Å²) in [5.41, 5.74) is 7.87. The normalized spacial score (nSPS) is 19.7. The molecule has 2 aliphatic carbocycles. The molecule has 0 spiro atoms. The van der Waals surface area contributed by atoms with Gasteiger partial charge < -0.3 is 19.1 Å². The number of hydrogen-bond acceptors (Lipinski definition) is 6. The van der Waals surface area contributed by atoms with Crippen molar-refractivity contribution in [2.75, 3.05) is 26.9 Å². The highest BCUT2D eigenvalue weighted by Crippen LogP contribution is 2.55. The lowest BCUT2D eigenvalue weighted by Gasteiger charge is -2.49. The smallest absolute Gasteiger partial charge is 0.162 e. The Kier molecular flexibility index (Phi) is 9.13. The van der Waals surface area contributed by atoms with E-state index >= 15 is 0 Å². The lowest BCUT2D eigenvalue weighted by Crippen LogP contribution is -2.44. The molecule has 0 bridgehead atoms. The molecular weight excluding hydrogens is 550 g/mol. The SMILES string of the molecule is CCOc1cc(C2C3=C(CC(C)(C)CC3=O)N(CCCOC)C3=C2C(=O)CC(C)(C)C3)ccc1OCc1ccc(C)c(C)c1. The molecule has 0 saturated carbocycles. The fourth-order valence-corrected chi connectivity index (χ4v) is 7.16. The predicted octanol–water partition coefficient (Wildman–Crippen LogP) is 8.00. The van der Waals surface area contributed by atoms with Crippen molar-refractivity contribution < 1.29 is 23.8 Å². The van der Waals surface area contributed by atoms with Crippen molar-refractivity contribution in [1.29, 1.82) is 0 Å². The van der Waals surface area contributed by atoms with Crippen molar-refractivity contribution in [1.82, 2.24) is 4.90 Å². The van der Waals surface area contributed by atoms with E-state index in [1.54, 1.807) is 7.11 Å². The number of aryl methyl sites for hydroxylation is 2. The van der Waals surface area contributed by atoms with Crippen LogP contribution in [0.5, 0.6) is 11.5 Å². The number of carbonyl (C=O) groups is 2. The summed E-state index contributed by atoms with van der Waals surface area (Å²) in [4.78, 5) is 30.5. The number of Topliss-reactive ketones (excluding diaryl/α,β-unsaturated/α-hetero) is 2. The highest BCUT2D eigenvalue weighted by atomic mass is 16.5. The molecule has 0 fully saturated rings. The number of methoxy groups -OCH3 is 1. The van der Waals surface area contributed by atoms with Crippen LogP contribution in [0.3, 0.4) is 0 Å². The highest BCUT2D eigenvalue weighted by Gasteiger charge is 2.49. The van der Waals surface area contributed by atoms with Gasteiger partial charge in [0, 0.05) is 61.6 Å². The summed E-state index contributed by atoms with van der Waals surface area (Å²) in [5.74, 6) is 1.14. The number of rotatable bonds is 10. The highest BCUT2D eigenvalue weighted by molar-refractivity contribution is 6.06. The van der Waals surface area contributed by atoms with Crippen LogP contribution in [0.4, 0.5) is 0 Å². The molecule has 6 heteroatoms. The molecule has 2 aromatic carbocycles. The Bertz CT molecular complexity index is 1460. The predicted molar refractivity (Wildman–Crippen MR) is 174 cm³/mol. The monoisotopic (exact) mass is 599 g/mol. The molecule has 5 rings (SSSR count). The second-order valence-corrected chi connectivity index (χ2v) is 14.4. The van der Waals surface area contributed by atoms with Crippen molar-refractivity contribution in [2.24, 2.45) is 10.8 Å². The van der Waals surface area contributed by atoms with Crippen molar-refractivity contribution in [3.05, 3.63) is 81.2 Å². The van der Waals surface area contributed by atoms with Crippen LogP contribution in [0, 0.1) is 24.7 Å². The average Bonchev–Trinajstić information content (AvgIpc) is 2.93. The molecule has 0 amide bonds. The molecule has 236 valence electrons. The van der Waals surface area contributed by atoms with Gasteiger partial charge in [0.1, 0.15) is 6.61 Å². The first-order valence-corrected chi connectivity index (χ1v) is 16.1. The second-order valence-electron chi connectivity index (χ2n) is 14.4. The van der Waals surface area contributed by atoms with Crippen LogP contribution in [0.25, 0.3) is 0 Å². The van der Waals surface area contributed by atoms with Gasteiger partial charge in [0.25, 0.3) is 0 Å². The standard InChI is InChI=1S/C38H49NO5/c1-9-43-33-18-27(13-14-32(33)44-23-26-12-11-24(2)25(3)17-26)34-35-28(19-37(4,5)21-30(35)40)39(15-10-16-42-8)29-20-38(6,7)22-31(41)36(29)34/h11-14,17-18,34H,9-10,15-16,19-23H2,1-8H3. The first kappa shape index (κ1) is 32.0. The van der Waals surface area contributed by atoms with Gasteiger partial charge in [-0.05, 0) is 85.3 Å². The topological polar surface area (TPSA) is 65.1 Å². The number of allylic oxidation sites excluding steroid dienone is 4. The summed E-state index contributed by atoms with van der Waals surface area (Å²) in [7, 11) is 1.72. The maximum Gasteiger partial charge on any atom is 0.162 e. The van der Waals surface area contributed by atoms with Gasteiger partial charge >= 0.3 is 0 Å². The summed E-state index contributed by atoms with van der Waals surface area (Å²) in [5, 5.41) is 0. The molecule has 3 aliphatic rings. The zero-order chi connectivity index (χ0) is 31.8. The number of carbonyl (C=O) groups excluding carboxylic acids is 2. The van der Waals surface area contributed by atoms with Gasteiger partial charge in [-0.2, -0.15) is 0 Å². The van der Waals surface area contributed by atoms with Gasteiger partial charge in [0.05, 0.1) is 6.61 Å². The Balaban J connectivity index is 1.61. The third-order valence-electron chi connectivity index (χ3n) is 9.32. The third kappa shape index (κ3) is 6.51. The maximum atomic E-state index is 14.1. The molecule has 6 nitrogen and oxygen atoms in total. The van der Waals surface area contributed by atoms with Gasteiger partial charge in [-0.15, -0.1) is 0 Å². The van der Waals surface area contributed by atoms with Crippen LogP contribution in [-0.2, 0) is 20.9 Å². The van der Waals surface area contributed by atoms with Gasteiger partial charge in [-0.25, -0.2) is 0 Å². The molecule has 0 atom stereocenters. The average molecular weight is 600 g/mol. The molecule has 1 aliphatic heterocycles. The minimum Gasteiger partial charge on any atom is -0.490 e. The van der Waals surface area contributed by atoms with E-state index in [2.05, 4.69) is 64.6 Å². The van der Waals surface area contributed by atoms with Crippen LogP contribution in [0.1, 0.15) is 94.9 Å². The van der Waals surface area contributed by atoms with E-state index in [0.29, 0.717) is 44.2 Å². The van der Waals surface area contributed by atoms with Crippen LogP contribution in [-0.4, -0.2) is 43.3 Å². The second kappa shape index (κ2) is 12.5. The fourth-order valence-electron chi connectivity index (χ4n) is 7.16. The van der Waals surface area contributed by atoms with Crippen LogP contribution in [0.15, 0.2) is 58.9 Å². The fraction of sp³-hybridized carbons (Fsp3) is 0.526. The first-order valence-electron chi connectivity index (χ1n) is 16.1. The Hall–Kier alpha value is -3.38. The van der Waals surface area contributed by atoms with E-state index in [-0.39, 0.29) is 22.4 Å². The lowest BCUT2D eigenvalue weighted by molar-refractivity contribution is -0.119. The summed E-state index contributed by atoms with van der Waals surface area (Å²) in [6.07, 6.45) is 3.33. The molecule has 1 heterocycles. The minimum atomic E-state index is -0.418. The molecule has 0 N–H and O–H groups in total. The Labute approximate surface area is 263 Å². The quantitative estimate of drug-likeness (QED) is 0.258. The number of ketones is 2. The zero-order valence-corrected chi connectivity index (χ0v) is 27.9. The zero-order valence-electron chi connectivity index (χ0n) is 27.9. The molecular formula is C38H49NO5. The number of benzene rings is 2. The summed E-state index contributed by atoms with van der Waals surface area (Å²) in [6.45, 7) is 17.1. The lowest BCUT2D eigenvalue weighted by atomic mass is 9.63. The summed E-state index contributed by atoms with van der Waals surface area (Å²) in [6, 6.07) is 12.3. The van der Waals surface area contributed by atoms with Gasteiger partial charge in [0.15, 0.2) is 23.1 Å². The first-order chi connectivity index (χ1) is 20.8. The van der Waals surface area contributed by atoms with E-state index in [1.807, 2.05) is 25.1 Å². The molecule has 0 saturated heterocycles. The molecule has 0 aromatic heterocycles. The van der Waals surface area contributed by atoms with E-state index in [0.717, 1.165) is 59.5 Å². The summed E-state index contributed by atoms with van der Waals surface area (Å²) >= 11 is 0. The van der Waals surface area contributed by atoms with Crippen molar-refractivity contribution in [2.45, 2.75) is 93.1 Å². The maximum absolute atomic E-state index is 14.1. The van der Waals surface area contributed by atoms with E-state index in [4.69, 9.17) is 14.2 Å². The number of hydrogen-bond donors (Lipinski definition) is 0. The van der Waals surface area contributed by atoms with E-state index < -0.39 is 5.92 Å². The molecule has 44 heavy (non-hydrogen) atoms. The number of ether oxygens (including phenoxy) is 3. The van der Waals surface area contributed by atoms with E-state index in [1.165, 1.54) is 11.1 Å². The largest absolute Gasteiger partial charge is 0.490 e. The third-order valence-corrected chi connectivity index (χ3v) is 9.32. The van der Waals surface area contributed by atoms with Crippen molar-refractivity contribution in [3.8, 4) is 11.5 Å². The Morgan fingerprint density at radius 1 is 0.795 bits per heavy atom. The van der Waals surface area contributed by atoms with Crippen LogP contribution in [0.2, 0.25) is 0 Å². The Morgan fingerprint density at radius 3 is 2.00 bits per heavy atom. The molecule has 0 radical (unpaired) electrons. The molecule has 2 aromatic rings. The van der Waals surface area contributed by atoms with Crippen molar-refractivity contribution >= 4 is 11.6 Å². The van der Waals surface area contributed by atoms with Gasteiger partial charge in [-0.1, -0.05) is 52.0 Å². The van der Waals surface area contributed by atoms with Crippen LogP contribution < -0.4 is 9.47 Å². The minimum absolute atomic E-state index is 0.134. The van der Waals surface area contributed by atoms with E-state index in [9.17, 15) is 9.59 Å². The van der Waals surface area contributed by atoms with Gasteiger partial charge in [-0.3, -0.25) is 9.59 Å². The Morgan fingerprint density at radius 2 is 1.43 bits per heavy atom. The summed E-state index contributed by atoms with van der Waals surface area (Å²) < 4.78 is 17.8. The molecule has 0 unspecified atom stereocenters. The van der Waals surface area contributed by atoms with Gasteiger partial charge in [0.2, 0.25) is 0 Å².